The normalized spacial score (nSPS) is 15.9. The van der Waals surface area contributed by atoms with Gasteiger partial charge in [-0.25, -0.2) is 0 Å². The number of anilines is 2. The number of nitrogens with zero attached hydrogens (tertiary/aromatic N) is 1. The van der Waals surface area contributed by atoms with Crippen LogP contribution in [0.2, 0.25) is 0 Å². The summed E-state index contributed by atoms with van der Waals surface area (Å²) < 4.78 is 27.8. The van der Waals surface area contributed by atoms with E-state index >= 15 is 0 Å². The van der Waals surface area contributed by atoms with Crippen molar-refractivity contribution < 1.29 is 13.6 Å². The second-order valence-electron chi connectivity index (χ2n) is 4.92. The highest BCUT2D eigenvalue weighted by atomic mass is 32.3. The number of aryl methyl sites for hydroxylation is 1. The molecule has 1 aromatic heterocycles. The van der Waals surface area contributed by atoms with E-state index in [9.17, 15) is 9.11 Å². The van der Waals surface area contributed by atoms with Crippen molar-refractivity contribution in [2.75, 3.05) is 10.0 Å². The van der Waals surface area contributed by atoms with Crippen LogP contribution in [-0.4, -0.2) is 20.3 Å². The maximum absolute atomic E-state index is 10.2. The minimum Gasteiger partial charge on any atom is -0.382 e. The van der Waals surface area contributed by atoms with Gasteiger partial charge in [0.05, 0.1) is 4.90 Å². The number of hydrogen-bond donors (Lipinski definition) is 4. The molecule has 3 rings (SSSR count). The topological polar surface area (TPSA) is 90.5 Å². The van der Waals surface area contributed by atoms with Crippen LogP contribution in [-0.2, 0) is 0 Å². The van der Waals surface area contributed by atoms with Gasteiger partial charge in [-0.3, -0.25) is 13.8 Å². The Balaban J connectivity index is 1.72. The smallest absolute Gasteiger partial charge is 0.187 e. The molecule has 1 aliphatic rings. The summed E-state index contributed by atoms with van der Waals surface area (Å²) in [4.78, 5) is 0.416. The van der Waals surface area contributed by atoms with Crippen LogP contribution >= 0.6 is 10.8 Å². The molecular formula is C13H17N3O3S. The first-order chi connectivity index (χ1) is 9.53. The third-order valence-corrected chi connectivity index (χ3v) is 4.43. The van der Waals surface area contributed by atoms with E-state index in [1.165, 1.54) is 12.8 Å². The van der Waals surface area contributed by atoms with Crippen molar-refractivity contribution in [1.29, 1.82) is 0 Å². The summed E-state index contributed by atoms with van der Waals surface area (Å²) in [6.45, 7) is 1.74. The summed E-state index contributed by atoms with van der Waals surface area (Å²) in [6, 6.07) is 9.25. The van der Waals surface area contributed by atoms with Crippen LogP contribution < -0.4 is 10.0 Å². The zero-order valence-corrected chi connectivity index (χ0v) is 11.9. The summed E-state index contributed by atoms with van der Waals surface area (Å²) in [5.41, 5.74) is 0.990. The molecule has 0 aliphatic heterocycles. The summed E-state index contributed by atoms with van der Waals surface area (Å²) in [6.07, 6.45) is 2.40. The van der Waals surface area contributed by atoms with Gasteiger partial charge in [-0.2, -0.15) is 0 Å². The van der Waals surface area contributed by atoms with Crippen molar-refractivity contribution >= 4 is 22.3 Å². The molecule has 0 bridgehead atoms. The molecule has 1 aliphatic carbocycles. The number of hydrogen-bond acceptors (Lipinski definition) is 6. The van der Waals surface area contributed by atoms with Crippen molar-refractivity contribution in [1.82, 2.24) is 5.16 Å². The third-order valence-electron chi connectivity index (χ3n) is 3.01. The molecule has 1 fully saturated rings. The van der Waals surface area contributed by atoms with E-state index in [1.807, 2.05) is 12.1 Å². The van der Waals surface area contributed by atoms with Gasteiger partial charge < -0.3 is 9.84 Å². The average Bonchev–Trinajstić information content (AvgIpc) is 3.12. The van der Waals surface area contributed by atoms with Crippen molar-refractivity contribution in [3.05, 3.63) is 36.1 Å². The molecule has 1 aromatic carbocycles. The number of rotatable bonds is 5. The highest BCUT2D eigenvalue weighted by molar-refractivity contribution is 8.25. The lowest BCUT2D eigenvalue weighted by Crippen LogP contribution is -2.10. The van der Waals surface area contributed by atoms with E-state index in [4.69, 9.17) is 4.52 Å². The lowest BCUT2D eigenvalue weighted by molar-refractivity contribution is 0.399. The molecular weight excluding hydrogens is 278 g/mol. The maximum Gasteiger partial charge on any atom is 0.187 e. The van der Waals surface area contributed by atoms with Gasteiger partial charge in [-0.1, -0.05) is 15.9 Å². The molecule has 6 nitrogen and oxygen atoms in total. The fourth-order valence-electron chi connectivity index (χ4n) is 1.82. The standard InChI is InChI=1S/C13H17N3O3S/c1-9-8-13(15-19-9)16-20(17,18)12-6-4-11(5-7-12)14-10-2-3-10/h4-8,10,14,17-18H,2-3H2,1H3,(H,15,16). The molecule has 4 N–H and O–H groups in total. The Labute approximate surface area is 118 Å². The molecule has 0 unspecified atom stereocenters. The minimum absolute atomic E-state index is 0.308. The van der Waals surface area contributed by atoms with Crippen molar-refractivity contribution in [2.45, 2.75) is 30.7 Å². The van der Waals surface area contributed by atoms with Crippen LogP contribution in [0, 0.1) is 6.92 Å². The Hall–Kier alpha value is -1.70. The molecule has 0 amide bonds. The van der Waals surface area contributed by atoms with Crippen LogP contribution in [0.4, 0.5) is 11.5 Å². The van der Waals surface area contributed by atoms with Gasteiger partial charge in [0, 0.05) is 17.8 Å². The van der Waals surface area contributed by atoms with Crippen LogP contribution in [0.5, 0.6) is 0 Å². The number of benzene rings is 1. The molecule has 1 saturated carbocycles. The van der Waals surface area contributed by atoms with E-state index in [2.05, 4.69) is 15.2 Å². The molecule has 0 spiro atoms. The number of nitrogens with one attached hydrogen (secondary N) is 2. The summed E-state index contributed by atoms with van der Waals surface area (Å²) in [5, 5.41) is 7.04. The predicted molar refractivity (Wildman–Crippen MR) is 79.1 cm³/mol. The Morgan fingerprint density at radius 3 is 2.50 bits per heavy atom. The Morgan fingerprint density at radius 1 is 1.25 bits per heavy atom. The highest BCUT2D eigenvalue weighted by Crippen LogP contribution is 2.47. The summed E-state index contributed by atoms with van der Waals surface area (Å²) in [5.74, 6) is 0.911. The zero-order chi connectivity index (χ0) is 14.2. The Kier molecular flexibility index (Phi) is 3.33. The van der Waals surface area contributed by atoms with Gasteiger partial charge in [-0.05, 0) is 44.0 Å². The largest absolute Gasteiger partial charge is 0.382 e. The van der Waals surface area contributed by atoms with E-state index < -0.39 is 10.8 Å². The van der Waals surface area contributed by atoms with E-state index in [0.717, 1.165) is 5.69 Å². The van der Waals surface area contributed by atoms with Gasteiger partial charge in [0.15, 0.2) is 5.82 Å². The SMILES string of the molecule is Cc1cc(NS(O)(O)c2ccc(NC3CC3)cc2)no1. The number of aromatic nitrogens is 1. The second-order valence-corrected chi connectivity index (χ2v) is 6.69. The van der Waals surface area contributed by atoms with Gasteiger partial charge in [0.2, 0.25) is 0 Å². The Morgan fingerprint density at radius 2 is 1.95 bits per heavy atom. The lowest BCUT2D eigenvalue weighted by Gasteiger charge is -2.32. The van der Waals surface area contributed by atoms with Gasteiger partial charge >= 0.3 is 0 Å². The van der Waals surface area contributed by atoms with Crippen molar-refractivity contribution in [2.24, 2.45) is 0 Å². The molecule has 20 heavy (non-hydrogen) atoms. The summed E-state index contributed by atoms with van der Waals surface area (Å²) in [7, 11) is -3.13. The molecule has 1 heterocycles. The van der Waals surface area contributed by atoms with Crippen LogP contribution in [0.15, 0.2) is 39.8 Å². The Bertz CT molecular complexity index is 593. The van der Waals surface area contributed by atoms with Gasteiger partial charge in [-0.15, -0.1) is 0 Å². The van der Waals surface area contributed by atoms with Gasteiger partial charge in [0.1, 0.15) is 5.76 Å². The predicted octanol–water partition coefficient (Wildman–Crippen LogP) is 3.69. The van der Waals surface area contributed by atoms with Crippen LogP contribution in [0.1, 0.15) is 18.6 Å². The van der Waals surface area contributed by atoms with E-state index in [0.29, 0.717) is 22.5 Å². The first-order valence-corrected chi connectivity index (χ1v) is 7.93. The molecule has 7 heteroatoms. The first kappa shape index (κ1) is 13.3. The quantitative estimate of drug-likeness (QED) is 0.672. The average molecular weight is 295 g/mol. The fourth-order valence-corrected chi connectivity index (χ4v) is 2.84. The lowest BCUT2D eigenvalue weighted by atomic mass is 10.3. The monoisotopic (exact) mass is 295 g/mol. The zero-order valence-electron chi connectivity index (χ0n) is 11.0. The fraction of sp³-hybridized carbons (Fsp3) is 0.308. The maximum atomic E-state index is 10.2. The van der Waals surface area contributed by atoms with Crippen LogP contribution in [0.3, 0.4) is 0 Å². The van der Waals surface area contributed by atoms with E-state index in [1.54, 1.807) is 25.1 Å². The minimum atomic E-state index is -3.13. The molecule has 0 atom stereocenters. The molecule has 2 aromatic rings. The third kappa shape index (κ3) is 3.06. The first-order valence-electron chi connectivity index (χ1n) is 6.39. The summed E-state index contributed by atoms with van der Waals surface area (Å²) >= 11 is 0. The molecule has 0 radical (unpaired) electrons. The van der Waals surface area contributed by atoms with Gasteiger partial charge in [0.25, 0.3) is 0 Å². The molecule has 0 saturated heterocycles. The van der Waals surface area contributed by atoms with Crippen molar-refractivity contribution in [3.8, 4) is 0 Å². The molecule has 108 valence electrons. The second kappa shape index (κ2) is 5.01. The van der Waals surface area contributed by atoms with E-state index in [-0.39, 0.29) is 0 Å². The van der Waals surface area contributed by atoms with Crippen molar-refractivity contribution in [3.63, 3.8) is 0 Å². The van der Waals surface area contributed by atoms with Crippen LogP contribution in [0.25, 0.3) is 0 Å². The highest BCUT2D eigenvalue weighted by Gasteiger charge is 2.21.